The smallest absolute Gasteiger partial charge is 0.226 e. The van der Waals surface area contributed by atoms with Crippen molar-refractivity contribution < 1.29 is 9.36 Å². The number of carbonyl (C=O) groups excluding carboxylic acids is 1. The molecule has 1 aliphatic carbocycles. The third kappa shape index (κ3) is 3.84. The van der Waals surface area contributed by atoms with Crippen molar-refractivity contribution in [1.82, 2.24) is 5.32 Å². The van der Waals surface area contributed by atoms with Gasteiger partial charge in [0, 0.05) is 18.2 Å². The van der Waals surface area contributed by atoms with Gasteiger partial charge in [0.05, 0.1) is 6.42 Å². The summed E-state index contributed by atoms with van der Waals surface area (Å²) in [5, 5.41) is 3.11. The first-order valence-electron chi connectivity index (χ1n) is 6.49. The minimum absolute atomic E-state index is 0.185. The summed E-state index contributed by atoms with van der Waals surface area (Å²) in [5.74, 6) is 0.185. The van der Waals surface area contributed by atoms with Gasteiger partial charge in [-0.3, -0.25) is 4.79 Å². The van der Waals surface area contributed by atoms with Crippen molar-refractivity contribution >= 4 is 5.91 Å². The predicted octanol–water partition coefficient (Wildman–Crippen LogP) is 1.73. The van der Waals surface area contributed by atoms with E-state index in [1.54, 1.807) is 0 Å². The summed E-state index contributed by atoms with van der Waals surface area (Å²) >= 11 is 0. The van der Waals surface area contributed by atoms with Gasteiger partial charge >= 0.3 is 0 Å². The van der Waals surface area contributed by atoms with Gasteiger partial charge in [-0.25, -0.2) is 4.57 Å². The molecule has 3 nitrogen and oxygen atoms in total. The molecule has 1 aliphatic rings. The van der Waals surface area contributed by atoms with E-state index in [9.17, 15) is 4.79 Å². The summed E-state index contributed by atoms with van der Waals surface area (Å²) in [4.78, 5) is 11.7. The molecule has 17 heavy (non-hydrogen) atoms. The highest BCUT2D eigenvalue weighted by atomic mass is 16.1. The Labute approximate surface area is 103 Å². The molecule has 1 N–H and O–H groups in total. The van der Waals surface area contributed by atoms with Crippen molar-refractivity contribution in [1.29, 1.82) is 0 Å². The van der Waals surface area contributed by atoms with Crippen LogP contribution < -0.4 is 9.88 Å². The monoisotopic (exact) mass is 233 g/mol. The van der Waals surface area contributed by atoms with E-state index in [1.165, 1.54) is 18.4 Å². The molecular formula is C14H21N2O+. The highest BCUT2D eigenvalue weighted by molar-refractivity contribution is 5.76. The highest BCUT2D eigenvalue weighted by Gasteiger charge is 2.17. The Morgan fingerprint density at radius 1 is 1.35 bits per heavy atom. The van der Waals surface area contributed by atoms with Gasteiger partial charge in [-0.15, -0.1) is 0 Å². The van der Waals surface area contributed by atoms with Crippen LogP contribution >= 0.6 is 0 Å². The van der Waals surface area contributed by atoms with Gasteiger partial charge in [0.15, 0.2) is 18.9 Å². The Morgan fingerprint density at radius 2 is 2.00 bits per heavy atom. The molecule has 1 amide bonds. The van der Waals surface area contributed by atoms with E-state index in [0.717, 1.165) is 19.4 Å². The van der Waals surface area contributed by atoms with Crippen LogP contribution in [-0.4, -0.2) is 11.9 Å². The number of hydrogen-bond donors (Lipinski definition) is 1. The molecule has 0 aliphatic heterocycles. The second-order valence-corrected chi connectivity index (χ2v) is 4.91. The van der Waals surface area contributed by atoms with Gasteiger partial charge in [-0.2, -0.15) is 0 Å². The lowest BCUT2D eigenvalue weighted by Crippen LogP contribution is -2.38. The average Bonchev–Trinajstić information content (AvgIpc) is 2.81. The van der Waals surface area contributed by atoms with Crippen molar-refractivity contribution in [2.45, 2.75) is 51.6 Å². The fourth-order valence-corrected chi connectivity index (χ4v) is 2.28. The summed E-state index contributed by atoms with van der Waals surface area (Å²) in [6.07, 6.45) is 9.46. The molecule has 2 rings (SSSR count). The zero-order valence-corrected chi connectivity index (χ0v) is 10.5. The van der Waals surface area contributed by atoms with Crippen LogP contribution in [0.5, 0.6) is 0 Å². The van der Waals surface area contributed by atoms with Crippen LogP contribution in [0.15, 0.2) is 24.5 Å². The number of amides is 1. The average molecular weight is 233 g/mol. The summed E-state index contributed by atoms with van der Waals surface area (Å²) in [6.45, 7) is 2.83. The molecule has 92 valence electrons. The quantitative estimate of drug-likeness (QED) is 0.789. The third-order valence-corrected chi connectivity index (χ3v) is 3.38. The largest absolute Gasteiger partial charge is 0.353 e. The molecule has 0 radical (unpaired) electrons. The summed E-state index contributed by atoms with van der Waals surface area (Å²) in [5.41, 5.74) is 1.25. The van der Waals surface area contributed by atoms with Crippen molar-refractivity contribution in [2.75, 3.05) is 0 Å². The maximum absolute atomic E-state index is 11.7. The van der Waals surface area contributed by atoms with Gasteiger partial charge in [-0.05, 0) is 25.3 Å². The zero-order valence-electron chi connectivity index (χ0n) is 10.5. The fourth-order valence-electron chi connectivity index (χ4n) is 2.28. The first kappa shape index (κ1) is 12.1. The van der Waals surface area contributed by atoms with Crippen LogP contribution in [0, 0.1) is 6.92 Å². The zero-order chi connectivity index (χ0) is 12.1. The lowest BCUT2D eigenvalue weighted by molar-refractivity contribution is -0.695. The molecule has 1 heterocycles. The minimum Gasteiger partial charge on any atom is -0.353 e. The maximum atomic E-state index is 11.7. The summed E-state index contributed by atoms with van der Waals surface area (Å²) < 4.78 is 2.06. The first-order chi connectivity index (χ1) is 8.24. The molecular weight excluding hydrogens is 212 g/mol. The van der Waals surface area contributed by atoms with Crippen LogP contribution in [0.2, 0.25) is 0 Å². The Morgan fingerprint density at radius 3 is 2.65 bits per heavy atom. The van der Waals surface area contributed by atoms with Gasteiger partial charge in [0.2, 0.25) is 5.91 Å². The second kappa shape index (κ2) is 5.80. The Hall–Kier alpha value is -1.38. The van der Waals surface area contributed by atoms with E-state index >= 15 is 0 Å². The minimum atomic E-state index is 0.185. The molecule has 0 bridgehead atoms. The van der Waals surface area contributed by atoms with E-state index in [1.807, 2.05) is 12.4 Å². The number of hydrogen-bond acceptors (Lipinski definition) is 1. The van der Waals surface area contributed by atoms with Crippen LogP contribution in [0.1, 0.15) is 37.7 Å². The van der Waals surface area contributed by atoms with Gasteiger partial charge < -0.3 is 5.32 Å². The molecule has 1 saturated carbocycles. The number of pyridine rings is 1. The van der Waals surface area contributed by atoms with Gasteiger partial charge in [0.25, 0.3) is 0 Å². The SMILES string of the molecule is Cc1cc[n+](CCC(=O)NC2CCCC2)cc1. The highest BCUT2D eigenvalue weighted by Crippen LogP contribution is 2.17. The fraction of sp³-hybridized carbons (Fsp3) is 0.571. The van der Waals surface area contributed by atoms with Crippen LogP contribution in [0.25, 0.3) is 0 Å². The number of aromatic nitrogens is 1. The first-order valence-corrected chi connectivity index (χ1v) is 6.49. The standard InChI is InChI=1S/C14H20N2O/c1-12-6-9-16(10-7-12)11-8-14(17)15-13-4-2-3-5-13/h6-7,9-10,13H,2-5,8,11H2,1H3/p+1. The maximum Gasteiger partial charge on any atom is 0.226 e. The Kier molecular flexibility index (Phi) is 4.13. The van der Waals surface area contributed by atoms with E-state index < -0.39 is 0 Å². The van der Waals surface area contributed by atoms with Crippen LogP contribution in [0.3, 0.4) is 0 Å². The topological polar surface area (TPSA) is 33.0 Å². The Bertz CT molecular complexity index is 366. The summed E-state index contributed by atoms with van der Waals surface area (Å²) in [6, 6.07) is 4.56. The van der Waals surface area contributed by atoms with Crippen LogP contribution in [-0.2, 0) is 11.3 Å². The van der Waals surface area contributed by atoms with Crippen LogP contribution in [0.4, 0.5) is 0 Å². The van der Waals surface area contributed by atoms with E-state index in [4.69, 9.17) is 0 Å². The van der Waals surface area contributed by atoms with Crippen molar-refractivity contribution in [3.05, 3.63) is 30.1 Å². The van der Waals surface area contributed by atoms with Crippen molar-refractivity contribution in [3.63, 3.8) is 0 Å². The molecule has 1 fully saturated rings. The number of nitrogens with one attached hydrogen (secondary N) is 1. The molecule has 0 spiro atoms. The number of carbonyl (C=O) groups is 1. The third-order valence-electron chi connectivity index (χ3n) is 3.38. The molecule has 0 atom stereocenters. The van der Waals surface area contributed by atoms with Crippen molar-refractivity contribution in [2.24, 2.45) is 0 Å². The Balaban J connectivity index is 1.73. The number of rotatable bonds is 4. The van der Waals surface area contributed by atoms with E-state index in [2.05, 4.69) is 28.9 Å². The van der Waals surface area contributed by atoms with Gasteiger partial charge in [-0.1, -0.05) is 12.8 Å². The van der Waals surface area contributed by atoms with E-state index in [-0.39, 0.29) is 5.91 Å². The number of nitrogens with zero attached hydrogens (tertiary/aromatic N) is 1. The van der Waals surface area contributed by atoms with E-state index in [0.29, 0.717) is 12.5 Å². The lowest BCUT2D eigenvalue weighted by Gasteiger charge is -2.10. The lowest BCUT2D eigenvalue weighted by atomic mass is 10.2. The molecule has 0 saturated heterocycles. The molecule has 0 unspecified atom stereocenters. The molecule has 0 aromatic carbocycles. The van der Waals surface area contributed by atoms with Gasteiger partial charge in [0.1, 0.15) is 0 Å². The normalized spacial score (nSPS) is 16.1. The summed E-state index contributed by atoms with van der Waals surface area (Å²) in [7, 11) is 0. The second-order valence-electron chi connectivity index (χ2n) is 4.91. The number of aryl methyl sites for hydroxylation is 2. The predicted molar refractivity (Wildman–Crippen MR) is 66.4 cm³/mol. The van der Waals surface area contributed by atoms with Crippen molar-refractivity contribution in [3.8, 4) is 0 Å². The molecule has 1 aromatic rings. The molecule has 3 heteroatoms. The molecule has 1 aromatic heterocycles.